The topological polar surface area (TPSA) is 37.3 Å². The van der Waals surface area contributed by atoms with Crippen molar-refractivity contribution in [1.82, 2.24) is 0 Å². The first-order valence-corrected chi connectivity index (χ1v) is 5.14. The molecule has 1 N–H and O–H groups in total. The second kappa shape index (κ2) is 22.5. The van der Waals surface area contributed by atoms with Gasteiger partial charge in [-0.25, -0.2) is 0 Å². The third-order valence-corrected chi connectivity index (χ3v) is 2.87. The Morgan fingerprint density at radius 1 is 1.30 bits per heavy atom. The van der Waals surface area contributed by atoms with E-state index in [1.807, 2.05) is 21.6 Å². The number of carbonyl (C=O) groups is 1. The van der Waals surface area contributed by atoms with Crippen LogP contribution in [0.3, 0.4) is 0 Å². The predicted molar refractivity (Wildman–Crippen MR) is 52.1 cm³/mol. The van der Waals surface area contributed by atoms with Crippen molar-refractivity contribution in [2.45, 2.75) is 13.8 Å². The van der Waals surface area contributed by atoms with Crippen LogP contribution in [-0.4, -0.2) is 52.6 Å². The molecule has 0 aromatic carbocycles. The van der Waals surface area contributed by atoms with E-state index in [0.29, 0.717) is 0 Å². The van der Waals surface area contributed by atoms with Gasteiger partial charge in [-0.3, -0.25) is 4.79 Å². The SMILES string of the molecule is CCSSCC.O=CO.[NaH]. The number of rotatable bonds is 3. The summed E-state index contributed by atoms with van der Waals surface area (Å²) in [6, 6.07) is 0. The predicted octanol–water partition coefficient (Wildman–Crippen LogP) is 1.46. The van der Waals surface area contributed by atoms with Crippen molar-refractivity contribution in [3.05, 3.63) is 0 Å². The molecule has 2 nitrogen and oxygen atoms in total. The van der Waals surface area contributed by atoms with Gasteiger partial charge in [0.25, 0.3) is 6.47 Å². The van der Waals surface area contributed by atoms with Crippen molar-refractivity contribution in [3.8, 4) is 0 Å². The monoisotopic (exact) mass is 192 g/mol. The molecule has 0 atom stereocenters. The average Bonchev–Trinajstić information content (AvgIpc) is 1.86. The number of hydrogen-bond acceptors (Lipinski definition) is 3. The second-order valence-electron chi connectivity index (χ2n) is 0.918. The fraction of sp³-hybridized carbons (Fsp3) is 0.800. The van der Waals surface area contributed by atoms with Crippen molar-refractivity contribution < 1.29 is 9.90 Å². The molecule has 0 fully saturated rings. The van der Waals surface area contributed by atoms with E-state index in [-0.39, 0.29) is 36.0 Å². The van der Waals surface area contributed by atoms with Crippen molar-refractivity contribution >= 4 is 57.6 Å². The van der Waals surface area contributed by atoms with Gasteiger partial charge < -0.3 is 5.11 Å². The molecule has 0 spiro atoms. The van der Waals surface area contributed by atoms with E-state index < -0.39 is 0 Å². The maximum absolute atomic E-state index is 8.36. The van der Waals surface area contributed by atoms with Gasteiger partial charge in [0.2, 0.25) is 0 Å². The van der Waals surface area contributed by atoms with Gasteiger partial charge >= 0.3 is 29.6 Å². The summed E-state index contributed by atoms with van der Waals surface area (Å²) >= 11 is 0. The van der Waals surface area contributed by atoms with Crippen molar-refractivity contribution in [3.63, 3.8) is 0 Å². The molecule has 58 valence electrons. The first kappa shape index (κ1) is 17.3. The summed E-state index contributed by atoms with van der Waals surface area (Å²) in [5.41, 5.74) is 0. The molecule has 0 saturated heterocycles. The first-order valence-electron chi connectivity index (χ1n) is 2.65. The molecule has 0 aromatic rings. The second-order valence-corrected chi connectivity index (χ2v) is 3.96. The number of carboxylic acid groups (broad SMARTS) is 1. The van der Waals surface area contributed by atoms with Gasteiger partial charge in [0.05, 0.1) is 0 Å². The van der Waals surface area contributed by atoms with Crippen LogP contribution in [0.4, 0.5) is 0 Å². The summed E-state index contributed by atoms with van der Waals surface area (Å²) in [4.78, 5) is 8.36. The molecule has 0 aromatic heterocycles. The molecular weight excluding hydrogens is 179 g/mol. The first-order chi connectivity index (χ1) is 4.33. The summed E-state index contributed by atoms with van der Waals surface area (Å²) in [5, 5.41) is 6.89. The van der Waals surface area contributed by atoms with Crippen LogP contribution in [-0.2, 0) is 4.79 Å². The molecule has 0 radical (unpaired) electrons. The van der Waals surface area contributed by atoms with Crippen LogP contribution in [0.15, 0.2) is 0 Å². The summed E-state index contributed by atoms with van der Waals surface area (Å²) in [6.07, 6.45) is 0. The molecule has 0 bridgehead atoms. The van der Waals surface area contributed by atoms with E-state index in [1.165, 1.54) is 11.5 Å². The van der Waals surface area contributed by atoms with Crippen molar-refractivity contribution in [1.29, 1.82) is 0 Å². The van der Waals surface area contributed by atoms with E-state index in [0.717, 1.165) is 0 Å². The van der Waals surface area contributed by atoms with Crippen LogP contribution in [0, 0.1) is 0 Å². The summed E-state index contributed by atoms with van der Waals surface area (Å²) < 4.78 is 0. The third-order valence-electron chi connectivity index (χ3n) is 0.319. The molecule has 0 rings (SSSR count). The molecule has 5 heteroatoms. The zero-order valence-corrected chi connectivity index (χ0v) is 7.30. The van der Waals surface area contributed by atoms with Crippen LogP contribution >= 0.6 is 21.6 Å². The zero-order chi connectivity index (χ0) is 7.54. The normalized spacial score (nSPS) is 6.60. The van der Waals surface area contributed by atoms with Gasteiger partial charge in [0.1, 0.15) is 0 Å². The van der Waals surface area contributed by atoms with Gasteiger partial charge in [0, 0.05) is 11.5 Å². The summed E-state index contributed by atoms with van der Waals surface area (Å²) in [7, 11) is 3.85. The molecule has 10 heavy (non-hydrogen) atoms. The van der Waals surface area contributed by atoms with Gasteiger partial charge in [-0.15, -0.1) is 0 Å². The van der Waals surface area contributed by atoms with E-state index in [4.69, 9.17) is 9.90 Å². The maximum atomic E-state index is 8.36. The molecule has 0 saturated carbocycles. The molecule has 0 aliphatic heterocycles. The fourth-order valence-electron chi connectivity index (χ4n) is 0.167. The Hall–Kier alpha value is 1.17. The summed E-state index contributed by atoms with van der Waals surface area (Å²) in [5.74, 6) is 2.47. The quantitative estimate of drug-likeness (QED) is 0.318. The van der Waals surface area contributed by atoms with Gasteiger partial charge in [-0.1, -0.05) is 35.4 Å². The molecule has 0 aliphatic carbocycles. The Bertz CT molecular complexity index is 50.9. The van der Waals surface area contributed by atoms with Crippen LogP contribution < -0.4 is 0 Å². The molecule has 0 aliphatic rings. The van der Waals surface area contributed by atoms with Crippen LogP contribution in [0.2, 0.25) is 0 Å². The van der Waals surface area contributed by atoms with E-state index in [2.05, 4.69) is 13.8 Å². The van der Waals surface area contributed by atoms with Gasteiger partial charge in [-0.05, 0) is 0 Å². The minimum absolute atomic E-state index is 0. The van der Waals surface area contributed by atoms with Crippen LogP contribution in [0.25, 0.3) is 0 Å². The van der Waals surface area contributed by atoms with Crippen molar-refractivity contribution in [2.24, 2.45) is 0 Å². The Kier molecular flexibility index (Phi) is 38.9. The van der Waals surface area contributed by atoms with E-state index in [1.54, 1.807) is 0 Å². The Morgan fingerprint density at radius 2 is 1.50 bits per heavy atom. The average molecular weight is 192 g/mol. The minimum atomic E-state index is -0.250. The van der Waals surface area contributed by atoms with Crippen LogP contribution in [0.1, 0.15) is 13.8 Å². The van der Waals surface area contributed by atoms with Gasteiger partial charge in [0.15, 0.2) is 0 Å². The van der Waals surface area contributed by atoms with Crippen LogP contribution in [0.5, 0.6) is 0 Å². The molecule has 0 amide bonds. The number of hydrogen-bond donors (Lipinski definition) is 1. The standard InChI is InChI=1S/C4H10S2.CH2O2.Na.H/c1-3-5-6-4-2;2-1-3;;/h3-4H2,1-2H3;1H,(H,2,3);;. The fourth-order valence-corrected chi connectivity index (χ4v) is 1.50. The molecular formula is C5H13NaO2S2. The zero-order valence-electron chi connectivity index (χ0n) is 5.66. The molecule has 0 unspecified atom stereocenters. The Labute approximate surface area is 92.2 Å². The summed E-state index contributed by atoms with van der Waals surface area (Å²) in [6.45, 7) is 4.10. The van der Waals surface area contributed by atoms with E-state index >= 15 is 0 Å². The van der Waals surface area contributed by atoms with E-state index in [9.17, 15) is 0 Å². The van der Waals surface area contributed by atoms with Gasteiger partial charge in [-0.2, -0.15) is 0 Å². The third kappa shape index (κ3) is 35.2. The molecule has 0 heterocycles. The van der Waals surface area contributed by atoms with Crippen molar-refractivity contribution in [2.75, 3.05) is 11.5 Å². The Balaban J connectivity index is -0.000000107. The Morgan fingerprint density at radius 3 is 1.60 bits per heavy atom.